The van der Waals surface area contributed by atoms with Gasteiger partial charge >= 0.3 is 0 Å². The van der Waals surface area contributed by atoms with E-state index in [1.807, 2.05) is 6.07 Å². The molecule has 0 amide bonds. The number of benzene rings is 1. The lowest BCUT2D eigenvalue weighted by atomic mass is 9.76. The summed E-state index contributed by atoms with van der Waals surface area (Å²) in [6, 6.07) is 8.47. The van der Waals surface area contributed by atoms with E-state index in [9.17, 15) is 0 Å². The number of ether oxygens (including phenoxy) is 1. The van der Waals surface area contributed by atoms with Crippen molar-refractivity contribution in [1.82, 2.24) is 5.32 Å². The zero-order chi connectivity index (χ0) is 14.3. The van der Waals surface area contributed by atoms with Crippen molar-refractivity contribution in [1.29, 1.82) is 0 Å². The fourth-order valence-electron chi connectivity index (χ4n) is 3.06. The van der Waals surface area contributed by atoms with Crippen molar-refractivity contribution in [3.63, 3.8) is 0 Å². The minimum atomic E-state index is 0.509. The third-order valence-electron chi connectivity index (χ3n) is 4.31. The Kier molecular flexibility index (Phi) is 5.90. The second-order valence-electron chi connectivity index (χ2n) is 6.47. The molecular weight excluding hydrogens is 246 g/mol. The van der Waals surface area contributed by atoms with Gasteiger partial charge in [-0.3, -0.25) is 0 Å². The minimum absolute atomic E-state index is 0.509. The second-order valence-corrected chi connectivity index (χ2v) is 6.47. The van der Waals surface area contributed by atoms with Gasteiger partial charge in [-0.05, 0) is 42.4 Å². The molecule has 0 aromatic heterocycles. The minimum Gasteiger partial charge on any atom is -0.494 e. The van der Waals surface area contributed by atoms with E-state index >= 15 is 0 Å². The van der Waals surface area contributed by atoms with E-state index in [1.165, 1.54) is 37.7 Å². The Morgan fingerprint density at radius 2 is 2.00 bits per heavy atom. The Morgan fingerprint density at radius 3 is 2.75 bits per heavy atom. The molecule has 1 N–H and O–H groups in total. The summed E-state index contributed by atoms with van der Waals surface area (Å²) in [7, 11) is 0. The number of hydrogen-bond acceptors (Lipinski definition) is 2. The molecule has 2 nitrogen and oxygen atoms in total. The van der Waals surface area contributed by atoms with Crippen molar-refractivity contribution in [2.45, 2.75) is 58.9 Å². The largest absolute Gasteiger partial charge is 0.494 e. The van der Waals surface area contributed by atoms with Crippen molar-refractivity contribution in [2.75, 3.05) is 13.2 Å². The molecule has 0 saturated heterocycles. The molecule has 1 saturated carbocycles. The van der Waals surface area contributed by atoms with Crippen LogP contribution in [0.25, 0.3) is 0 Å². The molecule has 112 valence electrons. The van der Waals surface area contributed by atoms with Gasteiger partial charge < -0.3 is 10.1 Å². The summed E-state index contributed by atoms with van der Waals surface area (Å²) in [5.41, 5.74) is 1.83. The third-order valence-corrected chi connectivity index (χ3v) is 4.31. The topological polar surface area (TPSA) is 21.3 Å². The van der Waals surface area contributed by atoms with Gasteiger partial charge in [0, 0.05) is 13.1 Å². The predicted molar refractivity (Wildman–Crippen MR) is 85.1 cm³/mol. The van der Waals surface area contributed by atoms with E-state index in [1.54, 1.807) is 0 Å². The van der Waals surface area contributed by atoms with E-state index in [2.05, 4.69) is 37.4 Å². The van der Waals surface area contributed by atoms with E-state index in [0.29, 0.717) is 5.41 Å². The normalized spacial score (nSPS) is 17.9. The molecule has 0 unspecified atom stereocenters. The van der Waals surface area contributed by atoms with Gasteiger partial charge in [-0.1, -0.05) is 45.2 Å². The van der Waals surface area contributed by atoms with Gasteiger partial charge in [0.2, 0.25) is 0 Å². The average Bonchev–Trinajstić information content (AvgIpc) is 2.46. The molecule has 0 radical (unpaired) electrons. The number of nitrogens with one attached hydrogen (secondary N) is 1. The summed E-state index contributed by atoms with van der Waals surface area (Å²) < 4.78 is 5.68. The van der Waals surface area contributed by atoms with Crippen LogP contribution in [0.5, 0.6) is 5.75 Å². The highest BCUT2D eigenvalue weighted by Gasteiger charge is 2.25. The zero-order valence-corrected chi connectivity index (χ0v) is 13.1. The molecule has 1 aromatic carbocycles. The van der Waals surface area contributed by atoms with Crippen LogP contribution in [0.3, 0.4) is 0 Å². The Balaban J connectivity index is 1.78. The summed E-state index contributed by atoms with van der Waals surface area (Å²) in [5.74, 6) is 0.995. The summed E-state index contributed by atoms with van der Waals surface area (Å²) in [5, 5.41) is 3.64. The van der Waals surface area contributed by atoms with Crippen molar-refractivity contribution < 1.29 is 4.74 Å². The molecule has 20 heavy (non-hydrogen) atoms. The molecule has 2 rings (SSSR count). The smallest absolute Gasteiger partial charge is 0.119 e. The first kappa shape index (κ1) is 15.4. The molecule has 0 atom stereocenters. The predicted octanol–water partition coefficient (Wildman–Crippen LogP) is 4.54. The maximum Gasteiger partial charge on any atom is 0.119 e. The van der Waals surface area contributed by atoms with Crippen LogP contribution in [0.2, 0.25) is 0 Å². The molecule has 1 fully saturated rings. The quantitative estimate of drug-likeness (QED) is 0.789. The first-order valence-corrected chi connectivity index (χ1v) is 8.14. The van der Waals surface area contributed by atoms with E-state index in [-0.39, 0.29) is 0 Å². The van der Waals surface area contributed by atoms with Crippen molar-refractivity contribution in [3.8, 4) is 5.75 Å². The maximum absolute atomic E-state index is 5.68. The molecule has 0 aliphatic heterocycles. The first-order chi connectivity index (χ1) is 9.72. The Bertz CT molecular complexity index is 396. The number of hydrogen-bond donors (Lipinski definition) is 1. The van der Waals surface area contributed by atoms with Crippen LogP contribution in [0.15, 0.2) is 24.3 Å². The number of rotatable bonds is 7. The lowest BCUT2D eigenvalue weighted by molar-refractivity contribution is 0.207. The lowest BCUT2D eigenvalue weighted by Gasteiger charge is -2.33. The maximum atomic E-state index is 5.68. The Morgan fingerprint density at radius 1 is 1.20 bits per heavy atom. The molecule has 0 bridgehead atoms. The van der Waals surface area contributed by atoms with Gasteiger partial charge in [0.25, 0.3) is 0 Å². The average molecular weight is 275 g/mol. The van der Waals surface area contributed by atoms with Crippen LogP contribution >= 0.6 is 0 Å². The van der Waals surface area contributed by atoms with E-state index < -0.39 is 0 Å². The Hall–Kier alpha value is -1.02. The van der Waals surface area contributed by atoms with Crippen LogP contribution in [0.1, 0.15) is 57.9 Å². The van der Waals surface area contributed by atoms with Gasteiger partial charge in [-0.25, -0.2) is 0 Å². The highest BCUT2D eigenvalue weighted by molar-refractivity contribution is 5.28. The molecule has 0 heterocycles. The summed E-state index contributed by atoms with van der Waals surface area (Å²) in [4.78, 5) is 0. The SMILES string of the molecule is CCCOc1cccc(CNCC2(C)CCCCC2)c1. The fraction of sp³-hybridized carbons (Fsp3) is 0.667. The fourth-order valence-corrected chi connectivity index (χ4v) is 3.06. The van der Waals surface area contributed by atoms with Crippen LogP contribution in [-0.4, -0.2) is 13.2 Å². The summed E-state index contributed by atoms with van der Waals surface area (Å²) >= 11 is 0. The van der Waals surface area contributed by atoms with Gasteiger partial charge in [0.15, 0.2) is 0 Å². The molecule has 1 aliphatic carbocycles. The van der Waals surface area contributed by atoms with Crippen molar-refractivity contribution in [2.24, 2.45) is 5.41 Å². The van der Waals surface area contributed by atoms with Crippen LogP contribution < -0.4 is 10.1 Å². The molecule has 1 aliphatic rings. The van der Waals surface area contributed by atoms with Crippen LogP contribution in [0.4, 0.5) is 0 Å². The highest BCUT2D eigenvalue weighted by Crippen LogP contribution is 2.34. The van der Waals surface area contributed by atoms with Gasteiger partial charge in [-0.2, -0.15) is 0 Å². The second kappa shape index (κ2) is 7.68. The lowest BCUT2D eigenvalue weighted by Crippen LogP contribution is -2.33. The molecule has 2 heteroatoms. The summed E-state index contributed by atoms with van der Waals surface area (Å²) in [6.07, 6.45) is 8.03. The van der Waals surface area contributed by atoms with Gasteiger partial charge in [-0.15, -0.1) is 0 Å². The van der Waals surface area contributed by atoms with Gasteiger partial charge in [0.05, 0.1) is 6.61 Å². The van der Waals surface area contributed by atoms with Crippen molar-refractivity contribution >= 4 is 0 Å². The van der Waals surface area contributed by atoms with Crippen LogP contribution in [-0.2, 0) is 6.54 Å². The first-order valence-electron chi connectivity index (χ1n) is 8.14. The third kappa shape index (κ3) is 4.82. The molecule has 1 aromatic rings. The molecular formula is C18H29NO. The van der Waals surface area contributed by atoms with Crippen molar-refractivity contribution in [3.05, 3.63) is 29.8 Å². The van der Waals surface area contributed by atoms with Crippen LogP contribution in [0, 0.1) is 5.41 Å². The zero-order valence-electron chi connectivity index (χ0n) is 13.1. The van der Waals surface area contributed by atoms with E-state index in [4.69, 9.17) is 4.74 Å². The standard InChI is InChI=1S/C18H29NO/c1-3-12-20-17-9-7-8-16(13-17)14-19-15-18(2)10-5-4-6-11-18/h7-9,13,19H,3-6,10-12,14-15H2,1-2H3. The molecule has 0 spiro atoms. The monoisotopic (exact) mass is 275 g/mol. The van der Waals surface area contributed by atoms with E-state index in [0.717, 1.165) is 31.9 Å². The highest BCUT2D eigenvalue weighted by atomic mass is 16.5. The Labute approximate surface area is 123 Å². The summed E-state index contributed by atoms with van der Waals surface area (Å²) in [6.45, 7) is 7.44. The van der Waals surface area contributed by atoms with Gasteiger partial charge in [0.1, 0.15) is 5.75 Å².